The van der Waals surface area contributed by atoms with E-state index in [0.29, 0.717) is 13.2 Å². The molecule has 1 unspecified atom stereocenters. The Hall–Kier alpha value is -2.54. The average Bonchev–Trinajstić information content (AvgIpc) is 3.52. The molecule has 34 heavy (non-hydrogen) atoms. The first-order chi connectivity index (χ1) is 16.5. The van der Waals surface area contributed by atoms with Gasteiger partial charge in [-0.15, -0.1) is 0 Å². The van der Waals surface area contributed by atoms with E-state index in [2.05, 4.69) is 16.3 Å². The van der Waals surface area contributed by atoms with Crippen LogP contribution in [0.2, 0.25) is 0 Å². The van der Waals surface area contributed by atoms with Gasteiger partial charge in [0.15, 0.2) is 11.5 Å². The largest absolute Gasteiger partial charge is 0.493 e. The van der Waals surface area contributed by atoms with Crippen molar-refractivity contribution in [1.82, 2.24) is 9.88 Å². The maximum atomic E-state index is 12.6. The number of hydrogen-bond acceptors (Lipinski definition) is 7. The molecule has 1 aromatic heterocycles. The highest BCUT2D eigenvalue weighted by Crippen LogP contribution is 2.39. The van der Waals surface area contributed by atoms with Gasteiger partial charge >= 0.3 is 5.97 Å². The van der Waals surface area contributed by atoms with E-state index < -0.39 is 6.04 Å². The second kappa shape index (κ2) is 11.3. The van der Waals surface area contributed by atoms with Gasteiger partial charge < -0.3 is 24.4 Å². The number of carbonyl (C=O) groups excluding carboxylic acids is 1. The molecule has 0 radical (unpaired) electrons. The Morgan fingerprint density at radius 1 is 1.12 bits per heavy atom. The monoisotopic (exact) mass is 469 g/mol. The van der Waals surface area contributed by atoms with Gasteiger partial charge in [-0.3, -0.25) is 0 Å². The molecule has 1 aromatic carbocycles. The van der Waals surface area contributed by atoms with Crippen molar-refractivity contribution < 1.29 is 19.0 Å². The quantitative estimate of drug-likeness (QED) is 0.381. The molecule has 0 bridgehead atoms. The molecule has 0 amide bonds. The van der Waals surface area contributed by atoms with Crippen molar-refractivity contribution in [3.8, 4) is 11.5 Å². The van der Waals surface area contributed by atoms with Crippen molar-refractivity contribution in [2.24, 2.45) is 5.92 Å². The molecular formula is C27H39N3O4. The molecule has 1 aliphatic carbocycles. The van der Waals surface area contributed by atoms with Crippen LogP contribution >= 0.6 is 0 Å². The molecule has 186 valence electrons. The standard InChI is InChI=1S/C27H39N3O4/c1-5-33-27(31)25(18(2)3)29-26-20-11-8-10-19(20)21-16-23(32-4)24(17-22(21)28-26)34-15-9-14-30-12-6-7-13-30/h16-18,25H,5-15H2,1-4H3,(H,28,29). The first-order valence-electron chi connectivity index (χ1n) is 12.8. The zero-order valence-corrected chi connectivity index (χ0v) is 21.1. The number of hydrogen-bond donors (Lipinski definition) is 1. The van der Waals surface area contributed by atoms with E-state index in [1.54, 1.807) is 7.11 Å². The lowest BCUT2D eigenvalue weighted by atomic mass is 10.0. The fourth-order valence-corrected chi connectivity index (χ4v) is 5.12. The normalized spacial score (nSPS) is 16.6. The molecule has 0 spiro atoms. The summed E-state index contributed by atoms with van der Waals surface area (Å²) in [4.78, 5) is 20.1. The summed E-state index contributed by atoms with van der Waals surface area (Å²) in [5.74, 6) is 2.11. The summed E-state index contributed by atoms with van der Waals surface area (Å²) >= 11 is 0. The summed E-state index contributed by atoms with van der Waals surface area (Å²) in [5, 5.41) is 4.53. The van der Waals surface area contributed by atoms with Crippen molar-refractivity contribution in [3.05, 3.63) is 23.3 Å². The number of benzene rings is 1. The van der Waals surface area contributed by atoms with E-state index in [4.69, 9.17) is 19.2 Å². The summed E-state index contributed by atoms with van der Waals surface area (Å²) in [6.07, 6.45) is 6.62. The van der Waals surface area contributed by atoms with Crippen molar-refractivity contribution in [2.75, 3.05) is 45.3 Å². The number of esters is 1. The third kappa shape index (κ3) is 5.40. The van der Waals surface area contributed by atoms with E-state index in [0.717, 1.165) is 60.4 Å². The number of fused-ring (bicyclic) bond motifs is 3. The van der Waals surface area contributed by atoms with E-state index in [1.165, 1.54) is 37.1 Å². The first kappa shape index (κ1) is 24.6. The van der Waals surface area contributed by atoms with Gasteiger partial charge in [0, 0.05) is 18.0 Å². The topological polar surface area (TPSA) is 72.9 Å². The lowest BCUT2D eigenvalue weighted by Gasteiger charge is -2.23. The zero-order valence-electron chi connectivity index (χ0n) is 21.1. The second-order valence-electron chi connectivity index (χ2n) is 9.66. The molecule has 1 atom stereocenters. The minimum Gasteiger partial charge on any atom is -0.493 e. The summed E-state index contributed by atoms with van der Waals surface area (Å²) in [6, 6.07) is 3.62. The van der Waals surface area contributed by atoms with Gasteiger partial charge in [0.25, 0.3) is 0 Å². The molecule has 2 aliphatic rings. The van der Waals surface area contributed by atoms with Gasteiger partial charge in [0.2, 0.25) is 0 Å². The number of aryl methyl sites for hydroxylation is 1. The fourth-order valence-electron chi connectivity index (χ4n) is 5.12. The first-order valence-corrected chi connectivity index (χ1v) is 12.8. The highest BCUT2D eigenvalue weighted by atomic mass is 16.5. The minimum absolute atomic E-state index is 0.0824. The van der Waals surface area contributed by atoms with Gasteiger partial charge in [-0.2, -0.15) is 0 Å². The number of nitrogens with zero attached hydrogens (tertiary/aromatic N) is 2. The van der Waals surface area contributed by atoms with Crippen LogP contribution in [0, 0.1) is 5.92 Å². The summed E-state index contributed by atoms with van der Waals surface area (Å²) in [7, 11) is 1.69. The van der Waals surface area contributed by atoms with E-state index >= 15 is 0 Å². The molecule has 1 N–H and O–H groups in total. The van der Waals surface area contributed by atoms with Crippen LogP contribution in [-0.2, 0) is 22.4 Å². The molecular weight excluding hydrogens is 430 g/mol. The van der Waals surface area contributed by atoms with Crippen LogP contribution in [0.5, 0.6) is 11.5 Å². The van der Waals surface area contributed by atoms with Crippen LogP contribution in [0.4, 0.5) is 5.82 Å². The molecule has 4 rings (SSSR count). The van der Waals surface area contributed by atoms with Crippen LogP contribution in [0.3, 0.4) is 0 Å². The molecule has 2 aromatic rings. The maximum Gasteiger partial charge on any atom is 0.328 e. The van der Waals surface area contributed by atoms with E-state index in [9.17, 15) is 4.79 Å². The minimum atomic E-state index is -0.436. The van der Waals surface area contributed by atoms with Crippen molar-refractivity contribution >= 4 is 22.7 Å². The molecule has 1 aliphatic heterocycles. The number of ether oxygens (including phenoxy) is 3. The van der Waals surface area contributed by atoms with Crippen LogP contribution in [-0.4, -0.2) is 61.9 Å². The lowest BCUT2D eigenvalue weighted by Crippen LogP contribution is -2.36. The van der Waals surface area contributed by atoms with Crippen molar-refractivity contribution in [1.29, 1.82) is 0 Å². The third-order valence-electron chi connectivity index (χ3n) is 6.92. The Kier molecular flexibility index (Phi) is 8.14. The van der Waals surface area contributed by atoms with Crippen LogP contribution in [0.1, 0.15) is 57.6 Å². The van der Waals surface area contributed by atoms with Crippen molar-refractivity contribution in [2.45, 2.75) is 65.3 Å². The van der Waals surface area contributed by atoms with Gasteiger partial charge in [0.1, 0.15) is 11.9 Å². The maximum absolute atomic E-state index is 12.6. The van der Waals surface area contributed by atoms with Gasteiger partial charge in [-0.1, -0.05) is 13.8 Å². The third-order valence-corrected chi connectivity index (χ3v) is 6.92. The number of pyridine rings is 1. The number of carbonyl (C=O) groups is 1. The number of aromatic nitrogens is 1. The molecule has 2 heterocycles. The van der Waals surface area contributed by atoms with Gasteiger partial charge in [-0.25, -0.2) is 9.78 Å². The highest BCUT2D eigenvalue weighted by molar-refractivity contribution is 5.90. The lowest BCUT2D eigenvalue weighted by molar-refractivity contribution is -0.145. The predicted molar refractivity (Wildman–Crippen MR) is 135 cm³/mol. The molecule has 7 heteroatoms. The van der Waals surface area contributed by atoms with Gasteiger partial charge in [0.05, 0.1) is 25.8 Å². The summed E-state index contributed by atoms with van der Waals surface area (Å²) in [5.41, 5.74) is 3.35. The molecule has 7 nitrogen and oxygen atoms in total. The molecule has 0 saturated carbocycles. The van der Waals surface area contributed by atoms with E-state index in [-0.39, 0.29) is 11.9 Å². The Balaban J connectivity index is 1.59. The van der Waals surface area contributed by atoms with Crippen LogP contribution in [0.25, 0.3) is 10.9 Å². The van der Waals surface area contributed by atoms with Crippen LogP contribution < -0.4 is 14.8 Å². The molecule has 1 saturated heterocycles. The number of nitrogens with one attached hydrogen (secondary N) is 1. The number of methoxy groups -OCH3 is 1. The predicted octanol–water partition coefficient (Wildman–Crippen LogP) is 4.60. The highest BCUT2D eigenvalue weighted by Gasteiger charge is 2.28. The average molecular weight is 470 g/mol. The fraction of sp³-hybridized carbons (Fsp3) is 0.630. The van der Waals surface area contributed by atoms with Crippen molar-refractivity contribution in [3.63, 3.8) is 0 Å². The van der Waals surface area contributed by atoms with Crippen LogP contribution in [0.15, 0.2) is 12.1 Å². The second-order valence-corrected chi connectivity index (χ2v) is 9.66. The Bertz CT molecular complexity index is 1000. The number of likely N-dealkylation sites (tertiary alicyclic amines) is 1. The van der Waals surface area contributed by atoms with E-state index in [1.807, 2.05) is 26.8 Å². The Morgan fingerprint density at radius 2 is 1.88 bits per heavy atom. The number of anilines is 1. The van der Waals surface area contributed by atoms with Gasteiger partial charge in [-0.05, 0) is 81.6 Å². The molecule has 1 fully saturated rings. The Morgan fingerprint density at radius 3 is 2.59 bits per heavy atom. The smallest absolute Gasteiger partial charge is 0.328 e. The zero-order chi connectivity index (χ0) is 24.1. The Labute approximate surface area is 203 Å². The summed E-state index contributed by atoms with van der Waals surface area (Å²) < 4.78 is 17.2. The SMILES string of the molecule is CCOC(=O)C(Nc1nc2cc(OCCCN3CCCC3)c(OC)cc2c2c1CCC2)C(C)C. The number of rotatable bonds is 11. The summed E-state index contributed by atoms with van der Waals surface area (Å²) in [6.45, 7) is 10.4.